The zero-order chi connectivity index (χ0) is 22.2. The van der Waals surface area contributed by atoms with Gasteiger partial charge in [-0.3, -0.25) is 9.48 Å². The Kier molecular flexibility index (Phi) is 5.03. The summed E-state index contributed by atoms with van der Waals surface area (Å²) in [7, 11) is 1.69. The van der Waals surface area contributed by atoms with Gasteiger partial charge in [0.1, 0.15) is 5.56 Å². The van der Waals surface area contributed by atoms with Gasteiger partial charge in [-0.05, 0) is 30.7 Å². The molecule has 1 saturated heterocycles. The molecule has 1 atom stereocenters. The molecule has 0 bridgehead atoms. The summed E-state index contributed by atoms with van der Waals surface area (Å²) >= 11 is 0. The Morgan fingerprint density at radius 1 is 1.29 bits per heavy atom. The van der Waals surface area contributed by atoms with Crippen LogP contribution in [0.1, 0.15) is 24.3 Å². The van der Waals surface area contributed by atoms with Crippen LogP contribution in [0.2, 0.25) is 0 Å². The van der Waals surface area contributed by atoms with E-state index in [2.05, 4.69) is 32.5 Å². The summed E-state index contributed by atoms with van der Waals surface area (Å²) in [6.45, 7) is 4.30. The van der Waals surface area contributed by atoms with Crippen LogP contribution in [0.25, 0.3) is 11.5 Å². The van der Waals surface area contributed by atoms with Gasteiger partial charge < -0.3 is 15.1 Å². The van der Waals surface area contributed by atoms with Crippen LogP contribution in [0.5, 0.6) is 0 Å². The van der Waals surface area contributed by atoms with Gasteiger partial charge in [0.15, 0.2) is 5.82 Å². The number of alkyl halides is 3. The van der Waals surface area contributed by atoms with Crippen LogP contribution in [0, 0.1) is 0 Å². The molecule has 0 saturated carbocycles. The van der Waals surface area contributed by atoms with Crippen LogP contribution in [0.4, 0.5) is 24.7 Å². The van der Waals surface area contributed by atoms with Crippen LogP contribution in [-0.2, 0) is 23.4 Å². The molecule has 8 nitrogen and oxygen atoms in total. The fourth-order valence-corrected chi connectivity index (χ4v) is 3.46. The van der Waals surface area contributed by atoms with Crippen molar-refractivity contribution in [1.82, 2.24) is 25.3 Å². The van der Waals surface area contributed by atoms with E-state index in [1.54, 1.807) is 19.3 Å². The molecule has 0 aliphatic carbocycles. The smallest absolute Gasteiger partial charge is 0.416 e. The Morgan fingerprint density at radius 2 is 2.03 bits per heavy atom. The summed E-state index contributed by atoms with van der Waals surface area (Å²) in [4.78, 5) is 11.9. The molecule has 1 amide bonds. The van der Waals surface area contributed by atoms with E-state index in [9.17, 15) is 18.0 Å². The highest BCUT2D eigenvalue weighted by Crippen LogP contribution is 2.37. The van der Waals surface area contributed by atoms with E-state index in [0.29, 0.717) is 30.0 Å². The highest BCUT2D eigenvalue weighted by molar-refractivity contribution is 5.79. The van der Waals surface area contributed by atoms with Crippen molar-refractivity contribution in [3.63, 3.8) is 0 Å². The lowest BCUT2D eigenvalue weighted by Crippen LogP contribution is -2.42. The Balaban J connectivity index is 1.62. The second-order valence-electron chi connectivity index (χ2n) is 7.31. The van der Waals surface area contributed by atoms with Crippen LogP contribution in [-0.4, -0.2) is 32.4 Å². The number of nitrogens with one attached hydrogen (secondary N) is 2. The first-order valence-corrected chi connectivity index (χ1v) is 9.43. The summed E-state index contributed by atoms with van der Waals surface area (Å²) in [5.74, 6) is 0.657. The number of carbonyl (C=O) groups is 1. The number of nitrogens with zero attached hydrogens (tertiary/aromatic N) is 4. The maximum atomic E-state index is 12.8. The molecule has 3 heterocycles. The van der Waals surface area contributed by atoms with Crippen LogP contribution in [0.3, 0.4) is 0 Å². The quantitative estimate of drug-likeness (QED) is 0.599. The lowest BCUT2D eigenvalue weighted by Gasteiger charge is -2.30. The maximum Gasteiger partial charge on any atom is 0.416 e. The minimum absolute atomic E-state index is 0.128. The van der Waals surface area contributed by atoms with E-state index in [1.165, 1.54) is 16.8 Å². The number of aromatic nitrogens is 4. The zero-order valence-corrected chi connectivity index (χ0v) is 16.5. The average Bonchev–Trinajstić information content (AvgIpc) is 3.34. The summed E-state index contributed by atoms with van der Waals surface area (Å²) in [5.41, 5.74) is -0.608. The molecule has 1 aliphatic rings. The van der Waals surface area contributed by atoms with Gasteiger partial charge >= 0.3 is 6.18 Å². The van der Waals surface area contributed by atoms with Crippen molar-refractivity contribution in [2.24, 2.45) is 7.05 Å². The minimum Gasteiger partial charge on any atom is -0.420 e. The lowest BCUT2D eigenvalue weighted by atomic mass is 9.78. The van der Waals surface area contributed by atoms with Gasteiger partial charge in [-0.1, -0.05) is 6.08 Å². The number of piperidine rings is 1. The van der Waals surface area contributed by atoms with Gasteiger partial charge in [0.05, 0.1) is 11.0 Å². The molecule has 1 aromatic carbocycles. The highest BCUT2D eigenvalue weighted by atomic mass is 19.4. The third kappa shape index (κ3) is 4.03. The first-order chi connectivity index (χ1) is 14.7. The Labute approximate surface area is 175 Å². The predicted molar refractivity (Wildman–Crippen MR) is 105 cm³/mol. The van der Waals surface area contributed by atoms with Crippen molar-refractivity contribution < 1.29 is 22.4 Å². The number of amides is 1. The van der Waals surface area contributed by atoms with Crippen molar-refractivity contribution in [2.45, 2.75) is 24.4 Å². The van der Waals surface area contributed by atoms with E-state index in [1.807, 2.05) is 0 Å². The Bertz CT molecular complexity index is 1120. The van der Waals surface area contributed by atoms with E-state index in [0.717, 1.165) is 12.1 Å². The SMILES string of the molecule is C=C[C@@]1(c2nnc(-c3cn(C)nc3Nc3ccc(C(F)(F)F)cc3)o2)CCNC(=O)C1. The van der Waals surface area contributed by atoms with Crippen LogP contribution < -0.4 is 10.6 Å². The van der Waals surface area contributed by atoms with E-state index in [4.69, 9.17) is 4.42 Å². The number of anilines is 2. The molecule has 3 aromatic rings. The molecule has 162 valence electrons. The van der Waals surface area contributed by atoms with Crippen LogP contribution in [0.15, 0.2) is 47.5 Å². The van der Waals surface area contributed by atoms with E-state index in [-0.39, 0.29) is 24.1 Å². The predicted octanol–water partition coefficient (Wildman–Crippen LogP) is 3.57. The van der Waals surface area contributed by atoms with Crippen LogP contribution >= 0.6 is 0 Å². The number of allylic oxidation sites excluding steroid dienone is 1. The fraction of sp³-hybridized carbons (Fsp3) is 0.300. The van der Waals surface area contributed by atoms with Crippen molar-refractivity contribution in [2.75, 3.05) is 11.9 Å². The lowest BCUT2D eigenvalue weighted by molar-refractivity contribution is -0.137. The molecule has 0 radical (unpaired) electrons. The molecule has 2 N–H and O–H groups in total. The van der Waals surface area contributed by atoms with Gasteiger partial charge in [0.25, 0.3) is 5.89 Å². The fourth-order valence-electron chi connectivity index (χ4n) is 3.46. The number of halogens is 3. The van der Waals surface area contributed by atoms with Crippen molar-refractivity contribution in [3.05, 3.63) is 54.6 Å². The monoisotopic (exact) mass is 432 g/mol. The first kappa shape index (κ1) is 20.6. The third-order valence-electron chi connectivity index (χ3n) is 5.15. The number of carbonyl (C=O) groups excluding carboxylic acids is 1. The number of hydrogen-bond donors (Lipinski definition) is 2. The van der Waals surface area contributed by atoms with E-state index >= 15 is 0 Å². The highest BCUT2D eigenvalue weighted by Gasteiger charge is 2.40. The third-order valence-corrected chi connectivity index (χ3v) is 5.15. The molecular formula is C20H19F3N6O2. The Morgan fingerprint density at radius 3 is 2.68 bits per heavy atom. The van der Waals surface area contributed by atoms with Gasteiger partial charge in [-0.25, -0.2) is 0 Å². The molecule has 0 spiro atoms. The second-order valence-corrected chi connectivity index (χ2v) is 7.31. The number of benzene rings is 1. The van der Waals surface area contributed by atoms with Gasteiger partial charge in [0.2, 0.25) is 11.8 Å². The summed E-state index contributed by atoms with van der Waals surface area (Å²) in [6.07, 6.45) is -0.382. The summed E-state index contributed by atoms with van der Waals surface area (Å²) in [5, 5.41) is 18.3. The second kappa shape index (κ2) is 7.56. The minimum atomic E-state index is -4.41. The normalized spacial score (nSPS) is 19.2. The van der Waals surface area contributed by atoms with Gasteiger partial charge in [-0.2, -0.15) is 18.3 Å². The van der Waals surface area contributed by atoms with Gasteiger partial charge in [-0.15, -0.1) is 16.8 Å². The number of rotatable bonds is 5. The van der Waals surface area contributed by atoms with Gasteiger partial charge in [0, 0.05) is 31.9 Å². The number of aryl methyl sites for hydroxylation is 1. The zero-order valence-electron chi connectivity index (χ0n) is 16.5. The maximum absolute atomic E-state index is 12.8. The summed E-state index contributed by atoms with van der Waals surface area (Å²) < 4.78 is 45.7. The molecule has 1 aliphatic heterocycles. The van der Waals surface area contributed by atoms with Crippen molar-refractivity contribution in [3.8, 4) is 11.5 Å². The molecule has 31 heavy (non-hydrogen) atoms. The molecule has 0 unspecified atom stereocenters. The van der Waals surface area contributed by atoms with E-state index < -0.39 is 17.2 Å². The molecular weight excluding hydrogens is 413 g/mol. The number of hydrogen-bond acceptors (Lipinski definition) is 6. The molecule has 4 rings (SSSR count). The van der Waals surface area contributed by atoms with Crippen molar-refractivity contribution in [1.29, 1.82) is 0 Å². The summed E-state index contributed by atoms with van der Waals surface area (Å²) in [6, 6.07) is 4.59. The first-order valence-electron chi connectivity index (χ1n) is 9.43. The molecule has 11 heteroatoms. The molecule has 1 fully saturated rings. The topological polar surface area (TPSA) is 97.9 Å². The average molecular weight is 432 g/mol. The largest absolute Gasteiger partial charge is 0.420 e. The standard InChI is InChI=1S/C20H19F3N6O2/c1-3-19(8-9-24-15(30)10-19)18-27-26-17(31-18)14-11-29(2)28-16(14)25-13-6-4-12(5-7-13)20(21,22)23/h3-7,11H,1,8-10H2,2H3,(H,24,30)(H,25,28)/t19-/m1/s1. The Hall–Kier alpha value is -3.63. The molecule has 2 aromatic heterocycles. The van der Waals surface area contributed by atoms with Crippen molar-refractivity contribution >= 4 is 17.4 Å².